The maximum atomic E-state index is 4.58. The van der Waals surface area contributed by atoms with Crippen molar-refractivity contribution in [1.82, 2.24) is 50.2 Å². The Morgan fingerprint density at radius 2 is 1.25 bits per heavy atom. The lowest BCUT2D eigenvalue weighted by Gasteiger charge is -1.82. The van der Waals surface area contributed by atoms with Gasteiger partial charge in [0, 0.05) is 79.1 Å². The smallest absolute Gasteiger partial charge is 0.133 e. The van der Waals surface area contributed by atoms with E-state index >= 15 is 0 Å². The van der Waals surface area contributed by atoms with Gasteiger partial charge in [0.05, 0.1) is 23.9 Å². The van der Waals surface area contributed by atoms with Crippen LogP contribution in [-0.2, 0) is 0 Å². The van der Waals surface area contributed by atoms with Crippen LogP contribution in [0.15, 0.2) is 150 Å². The van der Waals surface area contributed by atoms with E-state index in [1.54, 1.807) is 79.4 Å². The Balaban J connectivity index is 0.000000303. The highest BCUT2D eigenvalue weighted by Crippen LogP contribution is 1.98. The highest BCUT2D eigenvalue weighted by molar-refractivity contribution is 7.09. The number of hydrogen-bond acceptors (Lipinski definition) is 13. The van der Waals surface area contributed by atoms with Gasteiger partial charge in [-0.15, -0.1) is 11.3 Å². The van der Waals surface area contributed by atoms with Crippen molar-refractivity contribution in [3.8, 4) is 0 Å². The minimum absolute atomic E-state index is 0.856. The molecule has 0 atom stereocenters. The van der Waals surface area contributed by atoms with E-state index in [4.69, 9.17) is 0 Å². The lowest BCUT2D eigenvalue weighted by molar-refractivity contribution is 0.397. The van der Waals surface area contributed by atoms with Crippen LogP contribution in [0.2, 0.25) is 0 Å². The molecule has 8 rings (SSSR count). The third-order valence-corrected chi connectivity index (χ3v) is 6.45. The molecule has 0 N–H and O–H groups in total. The Morgan fingerprint density at radius 1 is 0.547 bits per heavy atom. The average Bonchev–Trinajstić information content (AvgIpc) is 3.98. The molecular weight excluding hydrogens is 683 g/mol. The van der Waals surface area contributed by atoms with Gasteiger partial charge in [-0.2, -0.15) is 10.2 Å². The van der Waals surface area contributed by atoms with Gasteiger partial charge < -0.3 is 4.52 Å². The van der Waals surface area contributed by atoms with Crippen molar-refractivity contribution in [2.45, 2.75) is 55.4 Å². The average molecular weight is 732 g/mol. The lowest BCUT2D eigenvalue weighted by atomic mass is 10.3. The van der Waals surface area contributed by atoms with E-state index in [-0.39, 0.29) is 0 Å². The second-order valence-corrected chi connectivity index (χ2v) is 12.0. The topological polar surface area (TPSA) is 154 Å². The summed E-state index contributed by atoms with van der Waals surface area (Å²) >= 11 is 1.67. The van der Waals surface area contributed by atoms with Crippen molar-refractivity contribution in [3.63, 3.8) is 0 Å². The summed E-state index contributed by atoms with van der Waals surface area (Å²) in [5.74, 6) is 0.856. The zero-order valence-electron chi connectivity index (χ0n) is 31.7. The van der Waals surface area contributed by atoms with Gasteiger partial charge >= 0.3 is 0 Å². The molecule has 276 valence electrons. The molecule has 0 unspecified atom stereocenters. The van der Waals surface area contributed by atoms with Crippen LogP contribution in [0.1, 0.15) is 45.6 Å². The van der Waals surface area contributed by atoms with Gasteiger partial charge in [-0.25, -0.2) is 19.9 Å². The van der Waals surface area contributed by atoms with Crippen LogP contribution in [0, 0.1) is 48.5 Å². The fourth-order valence-electron chi connectivity index (χ4n) is 2.98. The summed E-state index contributed by atoms with van der Waals surface area (Å²) in [5.41, 5.74) is 7.01. The quantitative estimate of drug-likeness (QED) is 0.147. The fraction of sp³-hybridized carbons (Fsp3) is 0.225. The third kappa shape index (κ3) is 29.2. The Hall–Kier alpha value is -6.21. The van der Waals surface area contributed by atoms with E-state index in [1.807, 2.05) is 103 Å². The van der Waals surface area contributed by atoms with Crippen LogP contribution in [-0.4, -0.2) is 63.0 Å². The Morgan fingerprint density at radius 3 is 1.49 bits per heavy atom. The molecule has 1 aliphatic heterocycles. The van der Waals surface area contributed by atoms with Crippen molar-refractivity contribution in [2.75, 3.05) is 6.54 Å². The third-order valence-electron chi connectivity index (χ3n) is 5.74. The molecule has 0 aromatic carbocycles. The van der Waals surface area contributed by atoms with Crippen LogP contribution < -0.4 is 0 Å². The number of rotatable bonds is 0. The molecule has 0 saturated carbocycles. The van der Waals surface area contributed by atoms with E-state index in [0.29, 0.717) is 0 Å². The summed E-state index contributed by atoms with van der Waals surface area (Å²) in [5, 5.41) is 13.8. The number of aliphatic imine (C=N–C) groups is 1. The first-order valence-corrected chi connectivity index (χ1v) is 17.3. The van der Waals surface area contributed by atoms with Crippen LogP contribution in [0.3, 0.4) is 0 Å². The lowest BCUT2D eigenvalue weighted by Crippen LogP contribution is -1.77. The Kier molecular flexibility index (Phi) is 25.9. The fourth-order valence-corrected chi connectivity index (χ4v) is 3.42. The second-order valence-electron chi connectivity index (χ2n) is 10.9. The molecule has 0 fully saturated rings. The zero-order valence-corrected chi connectivity index (χ0v) is 32.5. The van der Waals surface area contributed by atoms with E-state index in [2.05, 4.69) is 72.8 Å². The predicted molar refractivity (Wildman–Crippen MR) is 213 cm³/mol. The van der Waals surface area contributed by atoms with Crippen molar-refractivity contribution in [2.24, 2.45) is 4.99 Å². The number of hydrogen-bond donors (Lipinski definition) is 0. The summed E-state index contributed by atoms with van der Waals surface area (Å²) in [7, 11) is 0. The summed E-state index contributed by atoms with van der Waals surface area (Å²) < 4.78 is 4.58. The molecule has 1 aliphatic rings. The van der Waals surface area contributed by atoms with Crippen molar-refractivity contribution in [3.05, 3.63) is 179 Å². The minimum Gasteiger partial charge on any atom is -0.362 e. The molecule has 0 aliphatic carbocycles. The zero-order chi connectivity index (χ0) is 38.8. The summed E-state index contributed by atoms with van der Waals surface area (Å²) in [6.07, 6.45) is 26.3. The first-order chi connectivity index (χ1) is 25.7. The number of allylic oxidation sites excluding steroid dienone is 1. The highest BCUT2D eigenvalue weighted by Gasteiger charge is 1.85. The first-order valence-electron chi connectivity index (χ1n) is 16.5. The van der Waals surface area contributed by atoms with Gasteiger partial charge in [0.1, 0.15) is 18.4 Å². The molecule has 12 nitrogen and oxygen atoms in total. The van der Waals surface area contributed by atoms with E-state index < -0.39 is 0 Å². The molecule has 0 saturated heterocycles. The molecule has 0 bridgehead atoms. The summed E-state index contributed by atoms with van der Waals surface area (Å²) in [6, 6.07) is 13.5. The van der Waals surface area contributed by atoms with Crippen LogP contribution in [0.5, 0.6) is 0 Å². The van der Waals surface area contributed by atoms with Gasteiger partial charge in [0.2, 0.25) is 0 Å². The monoisotopic (exact) mass is 731 g/mol. The number of aromatic nitrogens is 10. The molecule has 0 spiro atoms. The minimum atomic E-state index is 0.856. The van der Waals surface area contributed by atoms with Gasteiger partial charge in [-0.1, -0.05) is 17.3 Å². The van der Waals surface area contributed by atoms with Gasteiger partial charge in [0.25, 0.3) is 0 Å². The molecule has 0 amide bonds. The first kappa shape index (κ1) is 44.8. The number of nitrogens with zero attached hydrogens (tertiary/aromatic N) is 11. The molecule has 0 radical (unpaired) electrons. The van der Waals surface area contributed by atoms with Crippen molar-refractivity contribution >= 4 is 17.6 Å². The van der Waals surface area contributed by atoms with E-state index in [9.17, 15) is 0 Å². The van der Waals surface area contributed by atoms with Gasteiger partial charge in [0.15, 0.2) is 0 Å². The molecule has 7 aromatic rings. The number of pyridine rings is 2. The molecular formula is C40H49N11OS. The number of aryl methyl sites for hydroxylation is 7. The van der Waals surface area contributed by atoms with Crippen molar-refractivity contribution in [1.29, 1.82) is 0 Å². The molecule has 7 aromatic heterocycles. The van der Waals surface area contributed by atoms with Crippen LogP contribution >= 0.6 is 11.3 Å². The molecule has 13 heteroatoms. The van der Waals surface area contributed by atoms with E-state index in [0.717, 1.165) is 34.1 Å². The van der Waals surface area contributed by atoms with Gasteiger partial charge in [-0.05, 0) is 114 Å². The Labute approximate surface area is 317 Å². The van der Waals surface area contributed by atoms with Crippen LogP contribution in [0.25, 0.3) is 0 Å². The molecule has 53 heavy (non-hydrogen) atoms. The summed E-state index contributed by atoms with van der Waals surface area (Å²) in [4.78, 5) is 30.8. The summed E-state index contributed by atoms with van der Waals surface area (Å²) in [6.45, 7) is 16.7. The SMILES string of the molecule is CC1=CCN=C1.Cc1cccnc1.Cc1ccncc1.Cc1ccncn1.Cc1ccnnc1.Cc1ccno1.Cc1cncnc1.Cc1nccs1. The van der Waals surface area contributed by atoms with Crippen molar-refractivity contribution < 1.29 is 4.52 Å². The van der Waals surface area contributed by atoms with E-state index in [1.165, 1.54) is 29.4 Å². The van der Waals surface area contributed by atoms with Crippen LogP contribution in [0.4, 0.5) is 0 Å². The number of thiazole rings is 1. The maximum Gasteiger partial charge on any atom is 0.133 e. The second kappa shape index (κ2) is 30.6. The Bertz CT molecular complexity index is 1590. The van der Waals surface area contributed by atoms with Gasteiger partial charge in [-0.3, -0.25) is 19.9 Å². The standard InChI is InChI=1S/2C6H7N.3C5H6N2.C5H7N.C4H5NO.C4H5NS/c1-6-2-4-7-5-3-6;1-6-3-2-4-7-5-6;1-5-2-6-4-7-3-5;1-5-2-3-6-4-7-5;1-5-2-3-6-7-4-5;1-5-2-3-6-4-5;1-4-2-3-5-6-4;1-4-5-2-3-6-4/h2*2-5H,1H3;3*2-4H,1H3;2,4H,3H2,1H3;2*2-3H,1H3. The highest BCUT2D eigenvalue weighted by atomic mass is 32.1. The maximum absolute atomic E-state index is 4.58. The normalized spacial score (nSPS) is 9.85. The molecule has 8 heterocycles. The predicted octanol–water partition coefficient (Wildman–Crippen LogP) is 8.59. The largest absolute Gasteiger partial charge is 0.362 e.